The summed E-state index contributed by atoms with van der Waals surface area (Å²) in [4.78, 5) is 23.2. The van der Waals surface area contributed by atoms with Crippen molar-refractivity contribution in [3.05, 3.63) is 88.3 Å². The van der Waals surface area contributed by atoms with Crippen molar-refractivity contribution < 1.29 is 4.79 Å². The highest BCUT2D eigenvalue weighted by Gasteiger charge is 2.36. The van der Waals surface area contributed by atoms with E-state index in [0.29, 0.717) is 35.4 Å². The molecule has 36 heavy (non-hydrogen) atoms. The molecule has 1 unspecified atom stereocenters. The summed E-state index contributed by atoms with van der Waals surface area (Å²) in [6.07, 6.45) is 3.45. The quantitative estimate of drug-likeness (QED) is 0.227. The minimum Gasteiger partial charge on any atom is -0.375 e. The van der Waals surface area contributed by atoms with E-state index in [9.17, 15) is 4.79 Å². The Labute approximate surface area is 221 Å². The maximum absolute atomic E-state index is 13.8. The largest absolute Gasteiger partial charge is 0.375 e. The number of Topliss-reactive ketones (excluding diaryl/α,β-unsaturated/α-hetero) is 1. The molecule has 0 bridgehead atoms. The van der Waals surface area contributed by atoms with Crippen LogP contribution in [0.25, 0.3) is 11.3 Å². The van der Waals surface area contributed by atoms with Gasteiger partial charge in [0.1, 0.15) is 11.5 Å². The van der Waals surface area contributed by atoms with Crippen molar-refractivity contribution in [3.63, 3.8) is 0 Å². The van der Waals surface area contributed by atoms with E-state index in [1.807, 2.05) is 42.5 Å². The van der Waals surface area contributed by atoms with Crippen molar-refractivity contribution in [3.8, 4) is 11.3 Å². The Hall–Kier alpha value is -3.00. The fourth-order valence-electron chi connectivity index (χ4n) is 4.73. The number of benzene rings is 2. The highest BCUT2D eigenvalue weighted by molar-refractivity contribution is 7.13. The van der Waals surface area contributed by atoms with Gasteiger partial charge >= 0.3 is 0 Å². The minimum absolute atomic E-state index is 0.00586. The number of carbonyl (C=O) groups is 1. The first-order valence-corrected chi connectivity index (χ1v) is 13.4. The zero-order valence-electron chi connectivity index (χ0n) is 20.6. The number of anilines is 1. The van der Waals surface area contributed by atoms with E-state index in [0.717, 1.165) is 29.1 Å². The second kappa shape index (κ2) is 11.8. The zero-order chi connectivity index (χ0) is 25.7. The molecule has 2 aromatic carbocycles. The number of nitrogen functional groups attached to an aromatic ring is 1. The lowest BCUT2D eigenvalue weighted by atomic mass is 9.77. The van der Waals surface area contributed by atoms with Gasteiger partial charge in [0, 0.05) is 40.5 Å². The average Bonchev–Trinajstić information content (AvgIpc) is 3.48. The zero-order valence-corrected chi connectivity index (χ0v) is 22.2. The standard InChI is InChI=1S/C28H32ClN5OS/c1-18(2)25(22(12-7-13-30)26(35)24-17-36-28(31)33-24)27-32-23(20-10-6-11-21(29)14-20)16-34(27)15-19-8-4-3-5-9-19/h3-6,8-11,14,16-18,22,25H,7,12-13,15,30H2,1-2H3,(H2,31,33)/t22-,25?/m1/s1. The second-order valence-electron chi connectivity index (χ2n) is 9.35. The van der Waals surface area contributed by atoms with Crippen molar-refractivity contribution in [2.45, 2.75) is 39.2 Å². The molecule has 2 aromatic heterocycles. The number of halogens is 1. The molecule has 4 rings (SSSR count). The molecule has 2 heterocycles. The fourth-order valence-corrected chi connectivity index (χ4v) is 5.48. The molecule has 0 spiro atoms. The molecule has 0 fully saturated rings. The number of imidazole rings is 1. The molecular formula is C28H32ClN5OS. The van der Waals surface area contributed by atoms with Gasteiger partial charge in [-0.3, -0.25) is 4.79 Å². The van der Waals surface area contributed by atoms with Crippen molar-refractivity contribution in [2.75, 3.05) is 12.3 Å². The van der Waals surface area contributed by atoms with Crippen LogP contribution in [0.3, 0.4) is 0 Å². The van der Waals surface area contributed by atoms with Crippen LogP contribution in [0.5, 0.6) is 0 Å². The number of nitrogens with zero attached hydrogens (tertiary/aromatic N) is 3. The fraction of sp³-hybridized carbons (Fsp3) is 0.321. The molecule has 0 amide bonds. The van der Waals surface area contributed by atoms with Crippen molar-refractivity contribution in [1.29, 1.82) is 0 Å². The third-order valence-corrected chi connectivity index (χ3v) is 7.31. The highest BCUT2D eigenvalue weighted by Crippen LogP contribution is 2.38. The third kappa shape index (κ3) is 6.03. The van der Waals surface area contributed by atoms with Gasteiger partial charge in [-0.25, -0.2) is 9.97 Å². The first-order valence-electron chi connectivity index (χ1n) is 12.2. The molecule has 4 N–H and O–H groups in total. The smallest absolute Gasteiger partial charge is 0.185 e. The van der Waals surface area contributed by atoms with Crippen molar-refractivity contribution in [2.24, 2.45) is 17.6 Å². The normalized spacial score (nSPS) is 13.1. The topological polar surface area (TPSA) is 99.8 Å². The summed E-state index contributed by atoms with van der Waals surface area (Å²) in [6, 6.07) is 18.0. The van der Waals surface area contributed by atoms with Gasteiger partial charge in [-0.05, 0) is 43.0 Å². The van der Waals surface area contributed by atoms with Gasteiger partial charge in [-0.1, -0.05) is 67.9 Å². The van der Waals surface area contributed by atoms with Crippen LogP contribution in [-0.4, -0.2) is 26.9 Å². The predicted molar refractivity (Wildman–Crippen MR) is 148 cm³/mol. The maximum atomic E-state index is 13.8. The number of ketones is 1. The number of thiazole rings is 1. The summed E-state index contributed by atoms with van der Waals surface area (Å²) >= 11 is 7.58. The Balaban J connectivity index is 1.82. The number of rotatable bonds is 11. The Bertz CT molecular complexity index is 1300. The lowest BCUT2D eigenvalue weighted by molar-refractivity contribution is 0.0863. The van der Waals surface area contributed by atoms with E-state index in [2.05, 4.69) is 41.7 Å². The lowest BCUT2D eigenvalue weighted by Crippen LogP contribution is -2.29. The van der Waals surface area contributed by atoms with Gasteiger partial charge in [0.15, 0.2) is 10.9 Å². The summed E-state index contributed by atoms with van der Waals surface area (Å²) in [5, 5.41) is 2.80. The minimum atomic E-state index is -0.320. The Morgan fingerprint density at radius 1 is 1.11 bits per heavy atom. The lowest BCUT2D eigenvalue weighted by Gasteiger charge is -2.29. The summed E-state index contributed by atoms with van der Waals surface area (Å²) in [5.74, 6) is 0.565. The van der Waals surface area contributed by atoms with Crippen LogP contribution in [0.2, 0.25) is 5.02 Å². The Kier molecular flexibility index (Phi) is 8.56. The molecule has 0 aliphatic heterocycles. The summed E-state index contributed by atoms with van der Waals surface area (Å²) in [7, 11) is 0. The van der Waals surface area contributed by atoms with Crippen LogP contribution < -0.4 is 11.5 Å². The van der Waals surface area contributed by atoms with Crippen molar-refractivity contribution in [1.82, 2.24) is 14.5 Å². The van der Waals surface area contributed by atoms with E-state index in [-0.39, 0.29) is 23.5 Å². The summed E-state index contributed by atoms with van der Waals surface area (Å²) < 4.78 is 2.17. The van der Waals surface area contributed by atoms with E-state index < -0.39 is 0 Å². The van der Waals surface area contributed by atoms with E-state index in [1.165, 1.54) is 11.3 Å². The molecule has 6 nitrogen and oxygen atoms in total. The van der Waals surface area contributed by atoms with Gasteiger partial charge in [0.05, 0.1) is 5.69 Å². The second-order valence-corrected chi connectivity index (χ2v) is 10.7. The number of hydrogen-bond donors (Lipinski definition) is 2. The molecule has 2 atom stereocenters. The molecule has 0 saturated heterocycles. The molecule has 0 aliphatic carbocycles. The molecule has 0 saturated carbocycles. The van der Waals surface area contributed by atoms with Crippen LogP contribution in [0.15, 0.2) is 66.2 Å². The maximum Gasteiger partial charge on any atom is 0.185 e. The summed E-state index contributed by atoms with van der Waals surface area (Å²) in [6.45, 7) is 5.45. The Morgan fingerprint density at radius 3 is 2.53 bits per heavy atom. The number of hydrogen-bond acceptors (Lipinski definition) is 6. The number of nitrogens with two attached hydrogens (primary N) is 2. The molecule has 0 radical (unpaired) electrons. The first kappa shape index (κ1) is 26.1. The number of carbonyl (C=O) groups excluding carboxylic acids is 1. The average molecular weight is 522 g/mol. The monoisotopic (exact) mass is 521 g/mol. The van der Waals surface area contributed by atoms with Crippen molar-refractivity contribution >= 4 is 33.9 Å². The molecule has 8 heteroatoms. The number of aromatic nitrogens is 3. The summed E-state index contributed by atoms with van der Waals surface area (Å²) in [5.41, 5.74) is 15.1. The van der Waals surface area contributed by atoms with Crippen LogP contribution in [0.4, 0.5) is 5.13 Å². The van der Waals surface area contributed by atoms with Crippen LogP contribution >= 0.6 is 22.9 Å². The van der Waals surface area contributed by atoms with Crippen LogP contribution in [0, 0.1) is 11.8 Å². The third-order valence-electron chi connectivity index (χ3n) is 6.40. The van der Waals surface area contributed by atoms with E-state index in [1.54, 1.807) is 5.38 Å². The van der Waals surface area contributed by atoms with Crippen LogP contribution in [-0.2, 0) is 6.54 Å². The predicted octanol–water partition coefficient (Wildman–Crippen LogP) is 6.27. The first-order chi connectivity index (χ1) is 17.4. The van der Waals surface area contributed by atoms with Gasteiger partial charge < -0.3 is 16.0 Å². The SMILES string of the molecule is CC(C)C(c1nc(-c2cccc(Cl)c2)cn1Cc1ccccc1)[C@@H](CCCN)C(=O)c1csc(N)n1. The van der Waals surface area contributed by atoms with Gasteiger partial charge in [0.2, 0.25) is 0 Å². The van der Waals surface area contributed by atoms with Crippen LogP contribution in [0.1, 0.15) is 54.5 Å². The highest BCUT2D eigenvalue weighted by atomic mass is 35.5. The van der Waals surface area contributed by atoms with Gasteiger partial charge in [-0.2, -0.15) is 0 Å². The molecule has 4 aromatic rings. The molecule has 0 aliphatic rings. The van der Waals surface area contributed by atoms with E-state index in [4.69, 9.17) is 28.1 Å². The van der Waals surface area contributed by atoms with Gasteiger partial charge in [0.25, 0.3) is 0 Å². The van der Waals surface area contributed by atoms with E-state index >= 15 is 0 Å². The Morgan fingerprint density at radius 2 is 1.89 bits per heavy atom. The molecule has 188 valence electrons. The molecular weight excluding hydrogens is 490 g/mol. The van der Waals surface area contributed by atoms with Gasteiger partial charge in [-0.15, -0.1) is 11.3 Å².